The van der Waals surface area contributed by atoms with E-state index in [1.54, 1.807) is 31.3 Å². The number of halogens is 1. The van der Waals surface area contributed by atoms with Crippen LogP contribution in [0.25, 0.3) is 21.3 Å². The molecular formula is C22H19FN2O4S2. The quantitative estimate of drug-likeness (QED) is 0.378. The maximum Gasteiger partial charge on any atom is 0.322 e. The minimum Gasteiger partial charge on any atom is -0.480 e. The van der Waals surface area contributed by atoms with E-state index in [1.165, 1.54) is 18.2 Å². The van der Waals surface area contributed by atoms with Gasteiger partial charge in [-0.05, 0) is 41.5 Å². The van der Waals surface area contributed by atoms with E-state index >= 15 is 0 Å². The number of hydrogen-bond donors (Lipinski definition) is 3. The van der Waals surface area contributed by atoms with Gasteiger partial charge < -0.3 is 10.1 Å². The van der Waals surface area contributed by atoms with Crippen molar-refractivity contribution in [2.75, 3.05) is 0 Å². The van der Waals surface area contributed by atoms with E-state index in [9.17, 15) is 22.7 Å². The third-order valence-corrected chi connectivity index (χ3v) is 8.20. The van der Waals surface area contributed by atoms with Crippen molar-refractivity contribution in [3.63, 3.8) is 0 Å². The maximum atomic E-state index is 13.1. The molecule has 0 radical (unpaired) electrons. The first-order valence-corrected chi connectivity index (χ1v) is 11.7. The highest BCUT2D eigenvalue weighted by Crippen LogP contribution is 2.32. The highest BCUT2D eigenvalue weighted by molar-refractivity contribution is 7.91. The highest BCUT2D eigenvalue weighted by atomic mass is 32.2. The number of aliphatic carboxylic acids is 1. The molecule has 6 nitrogen and oxygen atoms in total. The second kappa shape index (κ2) is 8.26. The lowest BCUT2D eigenvalue weighted by Gasteiger charge is -2.21. The fraction of sp³-hybridized carbons (Fsp3) is 0.136. The van der Waals surface area contributed by atoms with Gasteiger partial charge in [-0.15, -0.1) is 11.3 Å². The SMILES string of the molecule is CC(c1c[nH]c2ccccc12)[C@H](NS(=O)(=O)c1ccc(-c2ccc(F)cc2)s1)C(=O)O. The number of benzene rings is 2. The van der Waals surface area contributed by atoms with Crippen molar-refractivity contribution in [3.8, 4) is 10.4 Å². The molecule has 2 aromatic carbocycles. The van der Waals surface area contributed by atoms with E-state index in [-0.39, 0.29) is 10.0 Å². The smallest absolute Gasteiger partial charge is 0.322 e. The maximum absolute atomic E-state index is 13.1. The van der Waals surface area contributed by atoms with Crippen LogP contribution in [0.1, 0.15) is 18.4 Å². The van der Waals surface area contributed by atoms with Crippen molar-refractivity contribution in [2.45, 2.75) is 23.1 Å². The topological polar surface area (TPSA) is 99.3 Å². The molecule has 0 bridgehead atoms. The number of thiophene rings is 1. The summed E-state index contributed by atoms with van der Waals surface area (Å²) >= 11 is 0.992. The zero-order chi connectivity index (χ0) is 22.2. The van der Waals surface area contributed by atoms with Crippen molar-refractivity contribution in [1.29, 1.82) is 0 Å². The number of rotatable bonds is 7. The number of fused-ring (bicyclic) bond motifs is 1. The molecule has 0 aliphatic rings. The molecule has 0 saturated carbocycles. The Morgan fingerprint density at radius 1 is 1.10 bits per heavy atom. The molecule has 4 rings (SSSR count). The van der Waals surface area contributed by atoms with Gasteiger partial charge in [0.15, 0.2) is 0 Å². The Kier molecular flexibility index (Phi) is 5.65. The molecule has 31 heavy (non-hydrogen) atoms. The first-order valence-electron chi connectivity index (χ1n) is 9.43. The average Bonchev–Trinajstić information content (AvgIpc) is 3.40. The van der Waals surface area contributed by atoms with E-state index < -0.39 is 28.0 Å². The molecule has 2 atom stereocenters. The monoisotopic (exact) mass is 458 g/mol. The molecular weight excluding hydrogens is 439 g/mol. The summed E-state index contributed by atoms with van der Waals surface area (Å²) in [7, 11) is -4.09. The van der Waals surface area contributed by atoms with Crippen LogP contribution in [0.4, 0.5) is 4.39 Å². The fourth-order valence-corrected chi connectivity index (χ4v) is 6.07. The Labute approximate surface area is 182 Å². The number of aromatic amines is 1. The van der Waals surface area contributed by atoms with Gasteiger partial charge in [0.25, 0.3) is 10.0 Å². The molecule has 2 aromatic heterocycles. The summed E-state index contributed by atoms with van der Waals surface area (Å²) in [6, 6.07) is 14.8. The van der Waals surface area contributed by atoms with Gasteiger partial charge in [0.2, 0.25) is 0 Å². The number of nitrogens with one attached hydrogen (secondary N) is 2. The van der Waals surface area contributed by atoms with Gasteiger partial charge in [0, 0.05) is 27.9 Å². The highest BCUT2D eigenvalue weighted by Gasteiger charge is 2.33. The van der Waals surface area contributed by atoms with Crippen molar-refractivity contribution in [1.82, 2.24) is 9.71 Å². The number of H-pyrrole nitrogens is 1. The Hall–Kier alpha value is -3.01. The van der Waals surface area contributed by atoms with E-state index in [2.05, 4.69) is 9.71 Å². The van der Waals surface area contributed by atoms with Gasteiger partial charge >= 0.3 is 5.97 Å². The molecule has 0 aliphatic heterocycles. The molecule has 3 N–H and O–H groups in total. The number of carboxylic acids is 1. The Bertz CT molecular complexity index is 1340. The van der Waals surface area contributed by atoms with Crippen LogP contribution in [0.3, 0.4) is 0 Å². The predicted molar refractivity (Wildman–Crippen MR) is 118 cm³/mol. The van der Waals surface area contributed by atoms with Crippen LogP contribution >= 0.6 is 11.3 Å². The molecule has 0 aliphatic carbocycles. The van der Waals surface area contributed by atoms with Gasteiger partial charge in [-0.2, -0.15) is 4.72 Å². The van der Waals surface area contributed by atoms with Crippen LogP contribution in [-0.4, -0.2) is 30.5 Å². The standard InChI is InChI=1S/C22H19FN2O4S2/c1-13(17-12-24-18-5-3-2-4-16(17)18)21(22(26)27)25-31(28,29)20-11-10-19(30-20)14-6-8-15(23)9-7-14/h2-13,21,24-25H,1H3,(H,26,27)/t13?,21-/m0/s1. The number of carboxylic acid groups (broad SMARTS) is 1. The zero-order valence-corrected chi connectivity index (χ0v) is 18.0. The normalized spacial score (nSPS) is 13.9. The molecule has 0 saturated heterocycles. The lowest BCUT2D eigenvalue weighted by atomic mass is 9.93. The van der Waals surface area contributed by atoms with Gasteiger partial charge in [-0.25, -0.2) is 12.8 Å². The molecule has 160 valence electrons. The summed E-state index contributed by atoms with van der Waals surface area (Å²) in [5.41, 5.74) is 2.23. The summed E-state index contributed by atoms with van der Waals surface area (Å²) < 4.78 is 41.4. The summed E-state index contributed by atoms with van der Waals surface area (Å²) in [5.74, 6) is -2.28. The Morgan fingerprint density at radius 2 is 1.81 bits per heavy atom. The second-order valence-electron chi connectivity index (χ2n) is 7.14. The molecule has 2 heterocycles. The Morgan fingerprint density at radius 3 is 2.52 bits per heavy atom. The molecule has 0 amide bonds. The third kappa shape index (κ3) is 4.25. The number of aromatic nitrogens is 1. The minimum atomic E-state index is -4.09. The molecule has 1 unspecified atom stereocenters. The van der Waals surface area contributed by atoms with Gasteiger partial charge in [-0.1, -0.05) is 37.3 Å². The number of hydrogen-bond acceptors (Lipinski definition) is 4. The molecule has 0 spiro atoms. The lowest BCUT2D eigenvalue weighted by Crippen LogP contribution is -2.43. The minimum absolute atomic E-state index is 0.01000. The number of para-hydroxylation sites is 1. The molecule has 4 aromatic rings. The zero-order valence-electron chi connectivity index (χ0n) is 16.4. The van der Waals surface area contributed by atoms with E-state index in [1.807, 2.05) is 24.3 Å². The number of sulfonamides is 1. The van der Waals surface area contributed by atoms with Gasteiger partial charge in [0.1, 0.15) is 16.1 Å². The molecule has 9 heteroatoms. The Balaban J connectivity index is 1.62. The third-order valence-electron chi connectivity index (χ3n) is 5.13. The molecule has 0 fully saturated rings. The lowest BCUT2D eigenvalue weighted by molar-refractivity contribution is -0.139. The summed E-state index contributed by atoms with van der Waals surface area (Å²) in [4.78, 5) is 15.7. The van der Waals surface area contributed by atoms with Crippen LogP contribution < -0.4 is 4.72 Å². The van der Waals surface area contributed by atoms with Crippen LogP contribution in [0, 0.1) is 5.82 Å². The van der Waals surface area contributed by atoms with Crippen LogP contribution in [0.2, 0.25) is 0 Å². The van der Waals surface area contributed by atoms with Crippen molar-refractivity contribution in [2.24, 2.45) is 0 Å². The van der Waals surface area contributed by atoms with Crippen molar-refractivity contribution < 1.29 is 22.7 Å². The van der Waals surface area contributed by atoms with Crippen LogP contribution in [0.5, 0.6) is 0 Å². The van der Waals surface area contributed by atoms with Crippen molar-refractivity contribution in [3.05, 3.63) is 78.2 Å². The largest absolute Gasteiger partial charge is 0.480 e. The second-order valence-corrected chi connectivity index (χ2v) is 10.2. The van der Waals surface area contributed by atoms with Gasteiger partial charge in [0.05, 0.1) is 0 Å². The van der Waals surface area contributed by atoms with E-state index in [0.29, 0.717) is 16.0 Å². The van der Waals surface area contributed by atoms with Crippen LogP contribution in [0.15, 0.2) is 71.1 Å². The predicted octanol–water partition coefficient (Wildman–Crippen LogP) is 4.57. The van der Waals surface area contributed by atoms with E-state index in [4.69, 9.17) is 0 Å². The summed E-state index contributed by atoms with van der Waals surface area (Å²) in [5, 5.41) is 10.6. The van der Waals surface area contributed by atoms with Gasteiger partial charge in [-0.3, -0.25) is 4.79 Å². The average molecular weight is 459 g/mol. The van der Waals surface area contributed by atoms with Crippen LogP contribution in [-0.2, 0) is 14.8 Å². The number of carbonyl (C=O) groups is 1. The van der Waals surface area contributed by atoms with Crippen molar-refractivity contribution >= 4 is 38.2 Å². The van der Waals surface area contributed by atoms with E-state index in [0.717, 1.165) is 22.2 Å². The first kappa shape index (κ1) is 21.2. The summed E-state index contributed by atoms with van der Waals surface area (Å²) in [6.07, 6.45) is 1.71. The summed E-state index contributed by atoms with van der Waals surface area (Å²) in [6.45, 7) is 1.68. The first-order chi connectivity index (χ1) is 14.8. The fourth-order valence-electron chi connectivity index (χ4n) is 3.48.